The molecule has 0 amide bonds. The molecule has 2 aromatic rings. The number of carbonyl (C=O) groups excluding carboxylic acids is 2. The second kappa shape index (κ2) is 7.87. The molecule has 1 aliphatic rings. The van der Waals surface area contributed by atoms with Gasteiger partial charge in [0.15, 0.2) is 11.6 Å². The van der Waals surface area contributed by atoms with Crippen molar-refractivity contribution < 1.29 is 28.3 Å². The topological polar surface area (TPSA) is 121 Å². The van der Waals surface area contributed by atoms with Crippen LogP contribution < -0.4 is 4.72 Å². The van der Waals surface area contributed by atoms with Crippen LogP contribution in [-0.2, 0) is 28.9 Å². The lowest BCUT2D eigenvalue weighted by Crippen LogP contribution is -2.24. The van der Waals surface area contributed by atoms with E-state index in [-0.39, 0.29) is 41.0 Å². The van der Waals surface area contributed by atoms with Gasteiger partial charge in [-0.1, -0.05) is 36.4 Å². The number of allylic oxidation sites excluding steroid dienone is 2. The van der Waals surface area contributed by atoms with Crippen molar-refractivity contribution in [3.05, 3.63) is 75.9 Å². The van der Waals surface area contributed by atoms with Gasteiger partial charge in [0.2, 0.25) is 0 Å². The first-order valence-corrected chi connectivity index (χ1v) is 9.48. The molecular formula is C20H17NO6S. The van der Waals surface area contributed by atoms with Gasteiger partial charge in [0.25, 0.3) is 11.3 Å². The van der Waals surface area contributed by atoms with E-state index in [1.165, 1.54) is 18.2 Å². The van der Waals surface area contributed by atoms with Gasteiger partial charge < -0.3 is 5.11 Å². The van der Waals surface area contributed by atoms with E-state index in [9.17, 15) is 18.6 Å². The molecule has 0 radical (unpaired) electrons. The molecule has 1 aliphatic carbocycles. The molecule has 0 saturated carbocycles. The third-order valence-corrected chi connectivity index (χ3v) is 4.92. The standard InChI is InChI=1S/C20H17NO6S/c1-11-15(9-12-4-2-5-13(8-12)10-17(22)23)20(25)18-14(19(11)24)6-3-7-16(18)21-28(26)27/h2-8,21H,9-10H2,1H3,(H,22,23)(H,26,27). The minimum atomic E-state index is -2.39. The minimum Gasteiger partial charge on any atom is -0.481 e. The largest absolute Gasteiger partial charge is 0.481 e. The van der Waals surface area contributed by atoms with E-state index in [1.807, 2.05) is 0 Å². The minimum absolute atomic E-state index is 0.0668. The number of carboxylic acids is 1. The Balaban J connectivity index is 2.01. The van der Waals surface area contributed by atoms with E-state index in [0.29, 0.717) is 16.7 Å². The zero-order chi connectivity index (χ0) is 20.4. The predicted molar refractivity (Wildman–Crippen MR) is 104 cm³/mol. The number of Topliss-reactive ketones (excluding diaryl/α,β-unsaturated/α-hetero) is 2. The molecule has 0 bridgehead atoms. The van der Waals surface area contributed by atoms with E-state index in [2.05, 4.69) is 4.72 Å². The van der Waals surface area contributed by atoms with E-state index in [1.54, 1.807) is 31.2 Å². The summed E-state index contributed by atoms with van der Waals surface area (Å²) in [7, 11) is 0. The van der Waals surface area contributed by atoms with Crippen LogP contribution in [0.15, 0.2) is 53.6 Å². The Morgan fingerprint density at radius 1 is 1.07 bits per heavy atom. The lowest BCUT2D eigenvalue weighted by Gasteiger charge is -2.21. The van der Waals surface area contributed by atoms with Crippen LogP contribution in [-0.4, -0.2) is 31.4 Å². The fraction of sp³-hybridized carbons (Fsp3) is 0.150. The predicted octanol–water partition coefficient (Wildman–Crippen LogP) is 2.80. The quantitative estimate of drug-likeness (QED) is 0.643. The number of rotatable bonds is 6. The SMILES string of the molecule is CC1=C(Cc2cccc(CC(=O)O)c2)C(=O)c2c(NS(=O)O)cccc2C1=O. The van der Waals surface area contributed by atoms with Crippen molar-refractivity contribution >= 4 is 34.5 Å². The van der Waals surface area contributed by atoms with Crippen molar-refractivity contribution in [2.45, 2.75) is 19.8 Å². The van der Waals surface area contributed by atoms with Gasteiger partial charge in [-0.25, -0.2) is 4.21 Å². The van der Waals surface area contributed by atoms with Gasteiger partial charge in [-0.2, -0.15) is 0 Å². The Labute approximate surface area is 163 Å². The molecule has 3 rings (SSSR count). The van der Waals surface area contributed by atoms with E-state index in [4.69, 9.17) is 9.66 Å². The van der Waals surface area contributed by atoms with Crippen LogP contribution in [0.4, 0.5) is 5.69 Å². The van der Waals surface area contributed by atoms with Crippen molar-refractivity contribution in [2.24, 2.45) is 0 Å². The lowest BCUT2D eigenvalue weighted by atomic mass is 9.81. The van der Waals surface area contributed by atoms with Gasteiger partial charge in [0, 0.05) is 23.1 Å². The summed E-state index contributed by atoms with van der Waals surface area (Å²) < 4.78 is 22.5. The molecule has 1 atom stereocenters. The normalized spacial score (nSPS) is 14.6. The first-order chi connectivity index (χ1) is 13.3. The number of carboxylic acid groups (broad SMARTS) is 1. The molecule has 8 heteroatoms. The second-order valence-electron chi connectivity index (χ2n) is 6.41. The summed E-state index contributed by atoms with van der Waals surface area (Å²) in [5, 5.41) is 8.95. The summed E-state index contributed by atoms with van der Waals surface area (Å²) in [4.78, 5) is 36.8. The summed E-state index contributed by atoms with van der Waals surface area (Å²) in [6.45, 7) is 1.57. The molecular weight excluding hydrogens is 382 g/mol. The van der Waals surface area contributed by atoms with Crippen LogP contribution in [0.25, 0.3) is 0 Å². The Bertz CT molecular complexity index is 1060. The highest BCUT2D eigenvalue weighted by molar-refractivity contribution is 7.80. The summed E-state index contributed by atoms with van der Waals surface area (Å²) in [5.41, 5.74) is 2.25. The Morgan fingerprint density at radius 3 is 2.43 bits per heavy atom. The molecule has 3 N–H and O–H groups in total. The van der Waals surface area contributed by atoms with Crippen molar-refractivity contribution in [1.82, 2.24) is 0 Å². The van der Waals surface area contributed by atoms with Gasteiger partial charge in [-0.15, -0.1) is 0 Å². The molecule has 1 unspecified atom stereocenters. The Kier molecular flexibility index (Phi) is 5.53. The number of carbonyl (C=O) groups is 3. The van der Waals surface area contributed by atoms with Crippen LogP contribution in [0.1, 0.15) is 38.8 Å². The molecule has 0 saturated heterocycles. The monoisotopic (exact) mass is 399 g/mol. The average Bonchev–Trinajstić information content (AvgIpc) is 2.62. The molecule has 0 aliphatic heterocycles. The first kappa shape index (κ1) is 19.7. The van der Waals surface area contributed by atoms with E-state index < -0.39 is 23.0 Å². The maximum Gasteiger partial charge on any atom is 0.307 e. The summed E-state index contributed by atoms with van der Waals surface area (Å²) in [6, 6.07) is 11.3. The van der Waals surface area contributed by atoms with Gasteiger partial charge in [-0.05, 0) is 24.1 Å². The maximum absolute atomic E-state index is 13.1. The fourth-order valence-electron chi connectivity index (χ4n) is 3.27. The fourth-order valence-corrected chi connectivity index (χ4v) is 3.62. The zero-order valence-corrected chi connectivity index (χ0v) is 15.7. The van der Waals surface area contributed by atoms with Crippen molar-refractivity contribution in [1.29, 1.82) is 0 Å². The van der Waals surface area contributed by atoms with Gasteiger partial charge in [-0.3, -0.25) is 23.7 Å². The highest BCUT2D eigenvalue weighted by Crippen LogP contribution is 2.33. The average molecular weight is 399 g/mol. The molecule has 0 fully saturated rings. The molecule has 0 heterocycles. The first-order valence-electron chi connectivity index (χ1n) is 8.37. The number of fused-ring (bicyclic) bond motifs is 1. The summed E-state index contributed by atoms with van der Waals surface area (Å²) in [5.74, 6) is -1.68. The lowest BCUT2D eigenvalue weighted by molar-refractivity contribution is -0.136. The van der Waals surface area contributed by atoms with Crippen molar-refractivity contribution in [2.75, 3.05) is 4.72 Å². The van der Waals surface area contributed by atoms with Crippen LogP contribution >= 0.6 is 0 Å². The van der Waals surface area contributed by atoms with Crippen LogP contribution in [0, 0.1) is 0 Å². The molecule has 144 valence electrons. The van der Waals surface area contributed by atoms with Gasteiger partial charge in [0.1, 0.15) is 0 Å². The number of nitrogens with one attached hydrogen (secondary N) is 1. The number of anilines is 1. The number of aliphatic carboxylic acids is 1. The number of benzene rings is 2. The molecule has 28 heavy (non-hydrogen) atoms. The van der Waals surface area contributed by atoms with Crippen LogP contribution in [0.3, 0.4) is 0 Å². The van der Waals surface area contributed by atoms with Gasteiger partial charge >= 0.3 is 5.97 Å². The Hall–Kier alpha value is -3.10. The molecule has 0 aromatic heterocycles. The van der Waals surface area contributed by atoms with E-state index >= 15 is 0 Å². The highest BCUT2D eigenvalue weighted by Gasteiger charge is 2.32. The van der Waals surface area contributed by atoms with Crippen molar-refractivity contribution in [3.8, 4) is 0 Å². The molecule has 2 aromatic carbocycles. The zero-order valence-electron chi connectivity index (χ0n) is 14.9. The molecule has 7 nitrogen and oxygen atoms in total. The van der Waals surface area contributed by atoms with Crippen LogP contribution in [0.2, 0.25) is 0 Å². The van der Waals surface area contributed by atoms with Crippen LogP contribution in [0.5, 0.6) is 0 Å². The number of hydrogen-bond donors (Lipinski definition) is 3. The van der Waals surface area contributed by atoms with Crippen molar-refractivity contribution in [3.63, 3.8) is 0 Å². The van der Waals surface area contributed by atoms with E-state index in [0.717, 1.165) is 0 Å². The second-order valence-corrected chi connectivity index (χ2v) is 7.11. The third kappa shape index (κ3) is 3.92. The Morgan fingerprint density at radius 2 is 1.75 bits per heavy atom. The van der Waals surface area contributed by atoms with Gasteiger partial charge in [0.05, 0.1) is 17.7 Å². The number of ketones is 2. The molecule has 0 spiro atoms. The maximum atomic E-state index is 13.1. The smallest absolute Gasteiger partial charge is 0.307 e. The summed E-state index contributed by atoms with van der Waals surface area (Å²) >= 11 is -2.39. The third-order valence-electron chi connectivity index (χ3n) is 4.53. The number of hydrogen-bond acceptors (Lipinski definition) is 4. The highest BCUT2D eigenvalue weighted by atomic mass is 32.2. The summed E-state index contributed by atoms with van der Waals surface area (Å²) in [6.07, 6.45) is 0.0117.